The van der Waals surface area contributed by atoms with Gasteiger partial charge in [0, 0.05) is 36.2 Å². The van der Waals surface area contributed by atoms with Gasteiger partial charge in [-0.3, -0.25) is 9.69 Å². The number of hydrogen-bond donors (Lipinski definition) is 0. The lowest BCUT2D eigenvalue weighted by molar-refractivity contribution is -0.147. The number of aryl methyl sites for hydroxylation is 1. The van der Waals surface area contributed by atoms with E-state index in [2.05, 4.69) is 53.9 Å². The summed E-state index contributed by atoms with van der Waals surface area (Å²) in [4.78, 5) is 14.6. The van der Waals surface area contributed by atoms with Gasteiger partial charge in [-0.2, -0.15) is 0 Å². The maximum absolute atomic E-state index is 12.3. The van der Waals surface area contributed by atoms with Crippen LogP contribution in [0.5, 0.6) is 0 Å². The Morgan fingerprint density at radius 2 is 2.17 bits per heavy atom. The lowest BCUT2D eigenvalue weighted by Gasteiger charge is -2.39. The van der Waals surface area contributed by atoms with Crippen molar-refractivity contribution in [3.8, 4) is 0 Å². The Labute approximate surface area is 142 Å². The van der Waals surface area contributed by atoms with E-state index in [4.69, 9.17) is 4.74 Å². The van der Waals surface area contributed by atoms with Crippen LogP contribution in [0.1, 0.15) is 25.0 Å². The Bertz CT molecular complexity index is 834. The molecule has 0 saturated carbocycles. The second-order valence-electron chi connectivity index (χ2n) is 6.78. The minimum atomic E-state index is -0.175. The van der Waals surface area contributed by atoms with Gasteiger partial charge in [0.1, 0.15) is 0 Å². The topological polar surface area (TPSA) is 34.5 Å². The first-order valence-electron chi connectivity index (χ1n) is 8.83. The molecule has 0 bridgehead atoms. The zero-order valence-electron chi connectivity index (χ0n) is 14.6. The number of esters is 1. The summed E-state index contributed by atoms with van der Waals surface area (Å²) in [6.45, 7) is 6.19. The van der Waals surface area contributed by atoms with Crippen LogP contribution in [-0.2, 0) is 22.5 Å². The Balaban J connectivity index is 1.86. The summed E-state index contributed by atoms with van der Waals surface area (Å²) in [7, 11) is 2.12. The second kappa shape index (κ2) is 5.78. The number of carbonyl (C=O) groups is 1. The van der Waals surface area contributed by atoms with Gasteiger partial charge in [0.25, 0.3) is 0 Å². The van der Waals surface area contributed by atoms with E-state index in [1.807, 2.05) is 6.92 Å². The lowest BCUT2D eigenvalue weighted by atomic mass is 9.80. The van der Waals surface area contributed by atoms with E-state index in [0.29, 0.717) is 12.6 Å². The number of carbonyl (C=O) groups excluding carboxylic acids is 1. The van der Waals surface area contributed by atoms with Crippen LogP contribution in [0.3, 0.4) is 0 Å². The molecule has 0 saturated heterocycles. The average Bonchev–Trinajstić information content (AvgIpc) is 2.95. The highest BCUT2D eigenvalue weighted by molar-refractivity contribution is 5.99. The smallest absolute Gasteiger partial charge is 0.314 e. The highest BCUT2D eigenvalue weighted by Gasteiger charge is 2.36. The summed E-state index contributed by atoms with van der Waals surface area (Å²) >= 11 is 0. The van der Waals surface area contributed by atoms with Crippen LogP contribution in [0.4, 0.5) is 0 Å². The highest BCUT2D eigenvalue weighted by atomic mass is 16.5. The van der Waals surface area contributed by atoms with Crippen molar-refractivity contribution >= 4 is 22.4 Å². The number of aromatic nitrogens is 1. The van der Waals surface area contributed by atoms with E-state index in [1.54, 1.807) is 0 Å². The predicted molar refractivity (Wildman–Crippen MR) is 95.8 cm³/mol. The lowest BCUT2D eigenvalue weighted by Crippen LogP contribution is -2.44. The van der Waals surface area contributed by atoms with Crippen molar-refractivity contribution in [3.63, 3.8) is 0 Å². The van der Waals surface area contributed by atoms with Crippen LogP contribution >= 0.6 is 0 Å². The fourth-order valence-electron chi connectivity index (χ4n) is 4.29. The summed E-state index contributed by atoms with van der Waals surface area (Å²) in [6, 6.07) is 6.87. The standard InChI is InChI=1S/C20H24N2O2/c1-4-22-12-13-10-18-16(15-7-6-8-17(22)19(13)15)9-14(11-21(18)3)20(23)24-5-2/h6-9,12,14,18H,4-5,10-11H2,1-3H3/t14-,18-/m1/s1. The van der Waals surface area contributed by atoms with Crippen LogP contribution < -0.4 is 0 Å². The van der Waals surface area contributed by atoms with E-state index in [9.17, 15) is 4.79 Å². The minimum Gasteiger partial charge on any atom is -0.466 e. The molecule has 2 atom stereocenters. The Hall–Kier alpha value is -2.07. The molecule has 0 amide bonds. The maximum Gasteiger partial charge on any atom is 0.314 e. The molecule has 4 heteroatoms. The summed E-state index contributed by atoms with van der Waals surface area (Å²) in [5.74, 6) is -0.286. The molecule has 1 aromatic carbocycles. The summed E-state index contributed by atoms with van der Waals surface area (Å²) < 4.78 is 7.59. The third-order valence-electron chi connectivity index (χ3n) is 5.40. The molecule has 1 aliphatic heterocycles. The molecule has 2 heterocycles. The molecule has 126 valence electrons. The summed E-state index contributed by atoms with van der Waals surface area (Å²) in [5, 5.41) is 1.36. The molecule has 0 N–H and O–H groups in total. The zero-order valence-corrected chi connectivity index (χ0v) is 14.6. The van der Waals surface area contributed by atoms with Crippen molar-refractivity contribution < 1.29 is 9.53 Å². The maximum atomic E-state index is 12.3. The first-order valence-corrected chi connectivity index (χ1v) is 8.83. The molecule has 0 fully saturated rings. The van der Waals surface area contributed by atoms with E-state index >= 15 is 0 Å². The van der Waals surface area contributed by atoms with Crippen molar-refractivity contribution in [1.29, 1.82) is 0 Å². The molecule has 4 rings (SSSR count). The summed E-state index contributed by atoms with van der Waals surface area (Å²) in [6.07, 6.45) is 5.47. The largest absolute Gasteiger partial charge is 0.466 e. The third kappa shape index (κ3) is 2.20. The Morgan fingerprint density at radius 3 is 2.92 bits per heavy atom. The van der Waals surface area contributed by atoms with Crippen LogP contribution in [0.2, 0.25) is 0 Å². The molecule has 0 unspecified atom stereocenters. The molecule has 2 aromatic rings. The molecule has 0 spiro atoms. The molecule has 4 nitrogen and oxygen atoms in total. The highest BCUT2D eigenvalue weighted by Crippen LogP contribution is 2.41. The molecule has 0 radical (unpaired) electrons. The third-order valence-corrected chi connectivity index (χ3v) is 5.40. The first kappa shape index (κ1) is 15.5. The van der Waals surface area contributed by atoms with E-state index in [0.717, 1.165) is 19.5 Å². The van der Waals surface area contributed by atoms with Gasteiger partial charge in [-0.05, 0) is 50.1 Å². The molecule has 2 aliphatic rings. The van der Waals surface area contributed by atoms with Crippen LogP contribution in [0, 0.1) is 5.92 Å². The molecular formula is C20H24N2O2. The van der Waals surface area contributed by atoms with Crippen molar-refractivity contribution in [2.24, 2.45) is 5.92 Å². The van der Waals surface area contributed by atoms with Crippen LogP contribution in [0.25, 0.3) is 16.5 Å². The van der Waals surface area contributed by atoms with Gasteiger partial charge >= 0.3 is 5.97 Å². The molecule has 24 heavy (non-hydrogen) atoms. The number of ether oxygens (including phenoxy) is 1. The monoisotopic (exact) mass is 324 g/mol. The fraction of sp³-hybridized carbons (Fsp3) is 0.450. The van der Waals surface area contributed by atoms with E-state index < -0.39 is 0 Å². The fourth-order valence-corrected chi connectivity index (χ4v) is 4.29. The summed E-state index contributed by atoms with van der Waals surface area (Å²) in [5.41, 5.74) is 5.29. The van der Waals surface area contributed by atoms with Gasteiger partial charge < -0.3 is 9.30 Å². The van der Waals surface area contributed by atoms with Crippen molar-refractivity contribution in [2.75, 3.05) is 20.2 Å². The Morgan fingerprint density at radius 1 is 1.33 bits per heavy atom. The van der Waals surface area contributed by atoms with E-state index in [-0.39, 0.29) is 11.9 Å². The van der Waals surface area contributed by atoms with Gasteiger partial charge in [0.15, 0.2) is 0 Å². The van der Waals surface area contributed by atoms with Crippen molar-refractivity contribution in [1.82, 2.24) is 9.47 Å². The number of hydrogen-bond acceptors (Lipinski definition) is 3. The second-order valence-corrected chi connectivity index (χ2v) is 6.78. The number of likely N-dealkylation sites (N-methyl/N-ethyl adjacent to an activating group) is 1. The van der Waals surface area contributed by atoms with Crippen molar-refractivity contribution in [2.45, 2.75) is 32.9 Å². The van der Waals surface area contributed by atoms with E-state index in [1.165, 1.54) is 27.6 Å². The zero-order chi connectivity index (χ0) is 16.8. The Kier molecular flexibility index (Phi) is 3.72. The van der Waals surface area contributed by atoms with Crippen molar-refractivity contribution in [3.05, 3.63) is 41.6 Å². The molecular weight excluding hydrogens is 300 g/mol. The quantitative estimate of drug-likeness (QED) is 0.814. The van der Waals surface area contributed by atoms with Gasteiger partial charge in [-0.1, -0.05) is 18.2 Å². The number of rotatable bonds is 3. The molecule has 1 aromatic heterocycles. The van der Waals surface area contributed by atoms with Gasteiger partial charge in [0.2, 0.25) is 0 Å². The number of nitrogens with zero attached hydrogens (tertiary/aromatic N) is 2. The predicted octanol–water partition coefficient (Wildman–Crippen LogP) is 3.09. The van der Waals surface area contributed by atoms with Gasteiger partial charge in [-0.15, -0.1) is 0 Å². The number of fused-ring (bicyclic) bond motifs is 2. The van der Waals surface area contributed by atoms with Gasteiger partial charge in [0.05, 0.1) is 12.5 Å². The van der Waals surface area contributed by atoms with Crippen LogP contribution in [-0.4, -0.2) is 41.7 Å². The molecule has 1 aliphatic carbocycles. The van der Waals surface area contributed by atoms with Gasteiger partial charge in [-0.25, -0.2) is 0 Å². The van der Waals surface area contributed by atoms with Crippen LogP contribution in [0.15, 0.2) is 30.5 Å². The normalized spacial score (nSPS) is 23.0. The number of benzene rings is 1. The SMILES string of the molecule is CCOC(=O)[C@@H]1C=C2c3cccc4c3c(cn4CC)C[C@H]2N(C)C1. The average molecular weight is 324 g/mol. The minimum absolute atomic E-state index is 0.112. The first-order chi connectivity index (χ1) is 11.6.